The van der Waals surface area contributed by atoms with Crippen molar-refractivity contribution in [1.29, 1.82) is 0 Å². The molecule has 0 aromatic heterocycles. The second-order valence-electron chi connectivity index (χ2n) is 3.31. The summed E-state index contributed by atoms with van der Waals surface area (Å²) >= 11 is 0. The first-order valence-electron chi connectivity index (χ1n) is 4.65. The van der Waals surface area contributed by atoms with E-state index in [1.165, 1.54) is 14.0 Å². The number of rotatable bonds is 6. The Morgan fingerprint density at radius 3 is 2.19 bits per heavy atom. The van der Waals surface area contributed by atoms with E-state index in [0.717, 1.165) is 0 Å². The second kappa shape index (κ2) is 6.70. The molecule has 0 saturated carbocycles. The molecule has 0 radical (unpaired) electrons. The zero-order chi connectivity index (χ0) is 12.8. The standard InChI is InChI=1S/C9H15F3O4/c1-6(4-14-3)15-5-7(2)16-8(13)9(10,11)12/h6-7H,4-5H2,1-3H3. The van der Waals surface area contributed by atoms with Gasteiger partial charge in [-0.1, -0.05) is 0 Å². The van der Waals surface area contributed by atoms with E-state index in [-0.39, 0.29) is 12.7 Å². The van der Waals surface area contributed by atoms with Crippen molar-refractivity contribution >= 4 is 5.97 Å². The van der Waals surface area contributed by atoms with Gasteiger partial charge in [-0.2, -0.15) is 13.2 Å². The molecule has 4 nitrogen and oxygen atoms in total. The molecule has 0 N–H and O–H groups in total. The van der Waals surface area contributed by atoms with E-state index in [0.29, 0.717) is 6.61 Å². The van der Waals surface area contributed by atoms with Crippen LogP contribution in [0.1, 0.15) is 13.8 Å². The van der Waals surface area contributed by atoms with Gasteiger partial charge in [0.25, 0.3) is 0 Å². The van der Waals surface area contributed by atoms with Crippen molar-refractivity contribution in [3.05, 3.63) is 0 Å². The van der Waals surface area contributed by atoms with Gasteiger partial charge >= 0.3 is 12.1 Å². The topological polar surface area (TPSA) is 44.8 Å². The van der Waals surface area contributed by atoms with E-state index in [1.807, 2.05) is 0 Å². The summed E-state index contributed by atoms with van der Waals surface area (Å²) < 4.78 is 49.3. The summed E-state index contributed by atoms with van der Waals surface area (Å²) in [5, 5.41) is 0. The van der Waals surface area contributed by atoms with E-state index in [2.05, 4.69) is 4.74 Å². The predicted octanol–water partition coefficient (Wildman–Crippen LogP) is 1.53. The van der Waals surface area contributed by atoms with Crippen molar-refractivity contribution in [2.75, 3.05) is 20.3 Å². The van der Waals surface area contributed by atoms with Crippen LogP contribution in [0.25, 0.3) is 0 Å². The molecule has 0 fully saturated rings. The smallest absolute Gasteiger partial charge is 0.454 e. The van der Waals surface area contributed by atoms with Crippen LogP contribution in [0, 0.1) is 0 Å². The number of carbonyl (C=O) groups excluding carboxylic acids is 1. The summed E-state index contributed by atoms with van der Waals surface area (Å²) in [5.41, 5.74) is 0. The van der Waals surface area contributed by atoms with Crippen molar-refractivity contribution in [3.63, 3.8) is 0 Å². The fraction of sp³-hybridized carbons (Fsp3) is 0.889. The number of esters is 1. The maximum absolute atomic E-state index is 11.8. The maximum Gasteiger partial charge on any atom is 0.490 e. The number of carbonyl (C=O) groups is 1. The Kier molecular flexibility index (Phi) is 6.35. The Morgan fingerprint density at radius 1 is 1.19 bits per heavy atom. The largest absolute Gasteiger partial charge is 0.490 e. The van der Waals surface area contributed by atoms with E-state index in [9.17, 15) is 18.0 Å². The van der Waals surface area contributed by atoms with Crippen LogP contribution in [0.3, 0.4) is 0 Å². The van der Waals surface area contributed by atoms with Crippen molar-refractivity contribution in [1.82, 2.24) is 0 Å². The minimum Gasteiger partial charge on any atom is -0.454 e. The van der Waals surface area contributed by atoms with Crippen LogP contribution in [-0.2, 0) is 19.0 Å². The Balaban J connectivity index is 3.83. The maximum atomic E-state index is 11.8. The molecule has 16 heavy (non-hydrogen) atoms. The summed E-state index contributed by atoms with van der Waals surface area (Å²) in [6.45, 7) is 3.23. The first kappa shape index (κ1) is 15.2. The molecular weight excluding hydrogens is 229 g/mol. The van der Waals surface area contributed by atoms with E-state index in [4.69, 9.17) is 9.47 Å². The lowest BCUT2D eigenvalue weighted by Gasteiger charge is -2.17. The van der Waals surface area contributed by atoms with Crippen LogP contribution < -0.4 is 0 Å². The molecule has 0 aliphatic carbocycles. The van der Waals surface area contributed by atoms with E-state index >= 15 is 0 Å². The van der Waals surface area contributed by atoms with Crippen LogP contribution in [0.15, 0.2) is 0 Å². The molecule has 0 rings (SSSR count). The zero-order valence-electron chi connectivity index (χ0n) is 9.34. The molecule has 0 aliphatic heterocycles. The summed E-state index contributed by atoms with van der Waals surface area (Å²) in [6, 6.07) is 0. The number of hydrogen-bond acceptors (Lipinski definition) is 4. The molecule has 0 saturated heterocycles. The third-order valence-electron chi connectivity index (χ3n) is 1.56. The Labute approximate surface area is 91.7 Å². The summed E-state index contributed by atoms with van der Waals surface area (Å²) in [7, 11) is 1.48. The zero-order valence-corrected chi connectivity index (χ0v) is 9.34. The molecule has 96 valence electrons. The van der Waals surface area contributed by atoms with Crippen molar-refractivity contribution < 1.29 is 32.2 Å². The molecule has 0 spiro atoms. The van der Waals surface area contributed by atoms with Crippen molar-refractivity contribution in [2.45, 2.75) is 32.2 Å². The molecule has 0 aromatic rings. The van der Waals surface area contributed by atoms with Gasteiger partial charge in [-0.3, -0.25) is 0 Å². The van der Waals surface area contributed by atoms with Crippen LogP contribution in [0.2, 0.25) is 0 Å². The molecule has 0 bridgehead atoms. The van der Waals surface area contributed by atoms with Crippen LogP contribution in [0.5, 0.6) is 0 Å². The Morgan fingerprint density at radius 2 is 1.75 bits per heavy atom. The average Bonchev–Trinajstić information content (AvgIpc) is 2.13. The third kappa shape index (κ3) is 6.62. The van der Waals surface area contributed by atoms with Gasteiger partial charge in [-0.05, 0) is 13.8 Å². The lowest BCUT2D eigenvalue weighted by Crippen LogP contribution is -2.32. The summed E-state index contributed by atoms with van der Waals surface area (Å²) in [6.07, 6.45) is -6.18. The van der Waals surface area contributed by atoms with Gasteiger partial charge in [0.05, 0.1) is 19.3 Å². The molecule has 0 aliphatic rings. The quantitative estimate of drug-likeness (QED) is 0.665. The number of halogens is 3. The minimum absolute atomic E-state index is 0.105. The monoisotopic (exact) mass is 244 g/mol. The highest BCUT2D eigenvalue weighted by atomic mass is 19.4. The van der Waals surface area contributed by atoms with Gasteiger partial charge in [0.15, 0.2) is 0 Å². The van der Waals surface area contributed by atoms with E-state index in [1.54, 1.807) is 6.92 Å². The highest BCUT2D eigenvalue weighted by Crippen LogP contribution is 2.17. The predicted molar refractivity (Wildman–Crippen MR) is 48.9 cm³/mol. The molecule has 2 atom stereocenters. The molecule has 7 heteroatoms. The van der Waals surface area contributed by atoms with Crippen LogP contribution in [0.4, 0.5) is 13.2 Å². The highest BCUT2D eigenvalue weighted by Gasteiger charge is 2.41. The summed E-state index contributed by atoms with van der Waals surface area (Å²) in [4.78, 5) is 10.4. The minimum atomic E-state index is -4.97. The molecular formula is C9H15F3O4. The fourth-order valence-corrected chi connectivity index (χ4v) is 0.866. The average molecular weight is 244 g/mol. The number of methoxy groups -OCH3 is 1. The van der Waals surface area contributed by atoms with Gasteiger partial charge in [0, 0.05) is 7.11 Å². The molecule has 2 unspecified atom stereocenters. The third-order valence-corrected chi connectivity index (χ3v) is 1.56. The van der Waals surface area contributed by atoms with Gasteiger partial charge in [0.2, 0.25) is 0 Å². The van der Waals surface area contributed by atoms with Gasteiger partial charge in [0.1, 0.15) is 6.10 Å². The van der Waals surface area contributed by atoms with Gasteiger partial charge < -0.3 is 14.2 Å². The second-order valence-corrected chi connectivity index (χ2v) is 3.31. The fourth-order valence-electron chi connectivity index (χ4n) is 0.866. The number of ether oxygens (including phenoxy) is 3. The van der Waals surface area contributed by atoms with Crippen molar-refractivity contribution in [2.24, 2.45) is 0 Å². The Hall–Kier alpha value is -0.820. The number of hydrogen-bond donors (Lipinski definition) is 0. The number of alkyl halides is 3. The molecule has 0 amide bonds. The Bertz CT molecular complexity index is 217. The van der Waals surface area contributed by atoms with Crippen LogP contribution in [-0.4, -0.2) is 44.7 Å². The van der Waals surface area contributed by atoms with Gasteiger partial charge in [-0.15, -0.1) is 0 Å². The van der Waals surface area contributed by atoms with Gasteiger partial charge in [-0.25, -0.2) is 4.79 Å². The van der Waals surface area contributed by atoms with Crippen molar-refractivity contribution in [3.8, 4) is 0 Å². The normalized spacial score (nSPS) is 15.6. The first-order valence-corrected chi connectivity index (χ1v) is 4.65. The lowest BCUT2D eigenvalue weighted by molar-refractivity contribution is -0.206. The van der Waals surface area contributed by atoms with Crippen LogP contribution >= 0.6 is 0 Å². The SMILES string of the molecule is COCC(C)OCC(C)OC(=O)C(F)(F)F. The molecule has 0 aromatic carbocycles. The van der Waals surface area contributed by atoms with E-state index < -0.39 is 18.2 Å². The summed E-state index contributed by atoms with van der Waals surface area (Å²) in [5.74, 6) is -2.21. The molecule has 0 heterocycles. The lowest BCUT2D eigenvalue weighted by atomic mass is 10.4. The highest BCUT2D eigenvalue weighted by molar-refractivity contribution is 5.75. The first-order chi connectivity index (χ1) is 7.27.